The molecule has 1 fully saturated rings. The Kier molecular flexibility index (Phi) is 5.78. The summed E-state index contributed by atoms with van der Waals surface area (Å²) >= 11 is 3.61. The van der Waals surface area contributed by atoms with Crippen molar-refractivity contribution in [2.45, 2.75) is 52.5 Å². The van der Waals surface area contributed by atoms with Crippen LogP contribution in [0.2, 0.25) is 0 Å². The fraction of sp³-hybridized carbons (Fsp3) is 0.733. The number of rotatable bonds is 6. The molecule has 1 aliphatic rings. The molecule has 0 aliphatic carbocycles. The number of aryl methyl sites for hydroxylation is 2. The predicted molar refractivity (Wildman–Crippen MR) is 83.9 cm³/mol. The number of nitrogens with one attached hydrogen (secondary N) is 1. The molecule has 4 nitrogen and oxygen atoms in total. The van der Waals surface area contributed by atoms with Crippen molar-refractivity contribution in [3.63, 3.8) is 0 Å². The van der Waals surface area contributed by atoms with Crippen LogP contribution in [0.3, 0.4) is 0 Å². The normalized spacial score (nSPS) is 16.6. The van der Waals surface area contributed by atoms with Gasteiger partial charge in [0, 0.05) is 19.4 Å². The number of halogens is 1. The number of hydrogen-bond acceptors (Lipinski definition) is 3. The van der Waals surface area contributed by atoms with Crippen LogP contribution < -0.4 is 5.32 Å². The highest BCUT2D eigenvalue weighted by molar-refractivity contribution is 9.10. The molecule has 0 atom stereocenters. The highest BCUT2D eigenvalue weighted by atomic mass is 79.9. The van der Waals surface area contributed by atoms with Crippen molar-refractivity contribution in [1.29, 1.82) is 0 Å². The second-order valence-corrected chi connectivity index (χ2v) is 6.28. The maximum atomic E-state index is 12.3. The number of piperidine rings is 1. The number of carbonyl (C=O) groups is 1. The topological polar surface area (TPSA) is 46.9 Å². The van der Waals surface area contributed by atoms with E-state index in [9.17, 15) is 4.79 Å². The van der Waals surface area contributed by atoms with Gasteiger partial charge in [0.2, 0.25) is 0 Å². The Bertz CT molecular complexity index is 464. The van der Waals surface area contributed by atoms with Crippen LogP contribution in [0.5, 0.6) is 0 Å². The first-order chi connectivity index (χ1) is 9.65. The molecule has 1 saturated heterocycles. The average Bonchev–Trinajstić information content (AvgIpc) is 2.76. The van der Waals surface area contributed by atoms with Gasteiger partial charge in [-0.1, -0.05) is 6.92 Å². The molecule has 0 spiro atoms. The van der Waals surface area contributed by atoms with Crippen LogP contribution >= 0.6 is 15.9 Å². The van der Waals surface area contributed by atoms with Crippen LogP contribution in [0.15, 0.2) is 4.47 Å². The molecule has 0 radical (unpaired) electrons. The fourth-order valence-electron chi connectivity index (χ4n) is 2.85. The van der Waals surface area contributed by atoms with Gasteiger partial charge >= 0.3 is 0 Å². The molecule has 1 aromatic heterocycles. The largest absolute Gasteiger partial charge is 0.317 e. The van der Waals surface area contributed by atoms with Crippen LogP contribution in [-0.4, -0.2) is 28.7 Å². The van der Waals surface area contributed by atoms with Crippen LogP contribution in [0, 0.1) is 5.92 Å². The Hall–Kier alpha value is -0.680. The van der Waals surface area contributed by atoms with E-state index >= 15 is 0 Å². The zero-order chi connectivity index (χ0) is 14.5. The van der Waals surface area contributed by atoms with Crippen molar-refractivity contribution >= 4 is 21.7 Å². The van der Waals surface area contributed by atoms with Gasteiger partial charge in [0.15, 0.2) is 0 Å². The van der Waals surface area contributed by atoms with Crippen molar-refractivity contribution in [1.82, 2.24) is 15.1 Å². The molecule has 2 heterocycles. The van der Waals surface area contributed by atoms with Crippen LogP contribution in [0.25, 0.3) is 0 Å². The van der Waals surface area contributed by atoms with E-state index in [0.717, 1.165) is 54.8 Å². The number of ketones is 1. The third-order valence-electron chi connectivity index (χ3n) is 4.03. The molecule has 1 N–H and O–H groups in total. The third kappa shape index (κ3) is 3.70. The summed E-state index contributed by atoms with van der Waals surface area (Å²) in [5.41, 5.74) is 2.10. The van der Waals surface area contributed by atoms with E-state index in [1.54, 1.807) is 0 Å². The molecule has 0 saturated carbocycles. The quantitative estimate of drug-likeness (QED) is 0.865. The molecule has 0 unspecified atom stereocenters. The Balaban J connectivity index is 2.01. The van der Waals surface area contributed by atoms with Gasteiger partial charge in [-0.25, -0.2) is 0 Å². The van der Waals surface area contributed by atoms with Gasteiger partial charge in [0.05, 0.1) is 15.9 Å². The molecule has 112 valence electrons. The number of Topliss-reactive ketones (excluding diaryl/α,β-unsaturated/α-hetero) is 1. The van der Waals surface area contributed by atoms with Gasteiger partial charge in [-0.2, -0.15) is 5.10 Å². The third-order valence-corrected chi connectivity index (χ3v) is 4.95. The number of carbonyl (C=O) groups excluding carboxylic acids is 1. The van der Waals surface area contributed by atoms with E-state index in [1.807, 2.05) is 4.68 Å². The number of hydrogen-bond donors (Lipinski definition) is 1. The minimum absolute atomic E-state index is 0.342. The smallest absolute Gasteiger partial charge is 0.139 e. The molecule has 5 heteroatoms. The summed E-state index contributed by atoms with van der Waals surface area (Å²) in [6.07, 6.45) is 4.36. The summed E-state index contributed by atoms with van der Waals surface area (Å²) in [4.78, 5) is 12.3. The molecule has 0 amide bonds. The molecule has 2 rings (SSSR count). The minimum atomic E-state index is 0.342. The number of nitrogens with zero attached hydrogens (tertiary/aromatic N) is 2. The maximum absolute atomic E-state index is 12.3. The lowest BCUT2D eigenvalue weighted by atomic mass is 9.91. The van der Waals surface area contributed by atoms with Gasteiger partial charge in [-0.05, 0) is 61.1 Å². The summed E-state index contributed by atoms with van der Waals surface area (Å²) in [5.74, 6) is 0.904. The Morgan fingerprint density at radius 3 is 2.70 bits per heavy atom. The van der Waals surface area contributed by atoms with Crippen LogP contribution in [0.1, 0.15) is 44.5 Å². The van der Waals surface area contributed by atoms with Crippen molar-refractivity contribution in [3.05, 3.63) is 15.9 Å². The second kappa shape index (κ2) is 7.36. The zero-order valence-electron chi connectivity index (χ0n) is 12.4. The SMILES string of the molecule is CCc1nn(CC)c(CC(=O)CC2CCNCC2)c1Br. The first-order valence-corrected chi connectivity index (χ1v) is 8.41. The molecule has 1 aromatic rings. The lowest BCUT2D eigenvalue weighted by molar-refractivity contribution is -0.119. The Morgan fingerprint density at radius 1 is 1.40 bits per heavy atom. The molecule has 1 aliphatic heterocycles. The van der Waals surface area contributed by atoms with Gasteiger partial charge in [0.25, 0.3) is 0 Å². The van der Waals surface area contributed by atoms with Crippen LogP contribution in [-0.2, 0) is 24.2 Å². The monoisotopic (exact) mass is 341 g/mol. The minimum Gasteiger partial charge on any atom is -0.317 e. The van der Waals surface area contributed by atoms with Crippen molar-refractivity contribution in [2.24, 2.45) is 5.92 Å². The first-order valence-electron chi connectivity index (χ1n) is 7.62. The Morgan fingerprint density at radius 2 is 2.10 bits per heavy atom. The molecule has 0 aromatic carbocycles. The molecule has 20 heavy (non-hydrogen) atoms. The van der Waals surface area contributed by atoms with Gasteiger partial charge < -0.3 is 5.32 Å². The molecular weight excluding hydrogens is 318 g/mol. The van der Waals surface area contributed by atoms with E-state index in [1.165, 1.54) is 0 Å². The van der Waals surface area contributed by atoms with Gasteiger partial charge in [-0.15, -0.1) is 0 Å². The van der Waals surface area contributed by atoms with Crippen molar-refractivity contribution in [2.75, 3.05) is 13.1 Å². The summed E-state index contributed by atoms with van der Waals surface area (Å²) in [7, 11) is 0. The van der Waals surface area contributed by atoms with E-state index in [2.05, 4.69) is 40.2 Å². The van der Waals surface area contributed by atoms with E-state index < -0.39 is 0 Å². The zero-order valence-corrected chi connectivity index (χ0v) is 14.0. The Labute approximate surface area is 129 Å². The highest BCUT2D eigenvalue weighted by Gasteiger charge is 2.20. The second-order valence-electron chi connectivity index (χ2n) is 5.49. The summed E-state index contributed by atoms with van der Waals surface area (Å²) in [5, 5.41) is 7.90. The summed E-state index contributed by atoms with van der Waals surface area (Å²) in [6.45, 7) is 7.07. The lowest BCUT2D eigenvalue weighted by Crippen LogP contribution is -2.29. The highest BCUT2D eigenvalue weighted by Crippen LogP contribution is 2.24. The lowest BCUT2D eigenvalue weighted by Gasteiger charge is -2.21. The summed E-state index contributed by atoms with van der Waals surface area (Å²) < 4.78 is 2.99. The van der Waals surface area contributed by atoms with Gasteiger partial charge in [0.1, 0.15) is 5.78 Å². The first kappa shape index (κ1) is 15.7. The van der Waals surface area contributed by atoms with Crippen molar-refractivity contribution < 1.29 is 4.79 Å². The molecule has 0 bridgehead atoms. The van der Waals surface area contributed by atoms with E-state index in [0.29, 0.717) is 24.5 Å². The van der Waals surface area contributed by atoms with Crippen LogP contribution in [0.4, 0.5) is 0 Å². The van der Waals surface area contributed by atoms with E-state index in [4.69, 9.17) is 0 Å². The standard InChI is InChI=1S/C15H24BrN3O/c1-3-13-15(16)14(19(4-2)18-13)10-12(20)9-11-5-7-17-8-6-11/h11,17H,3-10H2,1-2H3. The maximum Gasteiger partial charge on any atom is 0.139 e. The van der Waals surface area contributed by atoms with E-state index in [-0.39, 0.29) is 0 Å². The van der Waals surface area contributed by atoms with Gasteiger partial charge in [-0.3, -0.25) is 9.48 Å². The predicted octanol–water partition coefficient (Wildman–Crippen LogP) is 2.73. The average molecular weight is 342 g/mol. The molecular formula is C15H24BrN3O. The fourth-order valence-corrected chi connectivity index (χ4v) is 3.56. The van der Waals surface area contributed by atoms with Crippen molar-refractivity contribution in [3.8, 4) is 0 Å². The summed E-state index contributed by atoms with van der Waals surface area (Å²) in [6, 6.07) is 0. The number of aromatic nitrogens is 2.